The van der Waals surface area contributed by atoms with E-state index in [9.17, 15) is 9.18 Å². The van der Waals surface area contributed by atoms with Gasteiger partial charge >= 0.3 is 5.97 Å². The fourth-order valence-corrected chi connectivity index (χ4v) is 1.07. The van der Waals surface area contributed by atoms with Gasteiger partial charge in [-0.15, -0.1) is 0 Å². The smallest absolute Gasteiger partial charge is 0.341 e. The molecule has 0 unspecified atom stereocenters. The van der Waals surface area contributed by atoms with Crippen LogP contribution < -0.4 is 10.5 Å². The third-order valence-corrected chi connectivity index (χ3v) is 1.72. The zero-order chi connectivity index (χ0) is 11.3. The average molecular weight is 213 g/mol. The van der Waals surface area contributed by atoms with Gasteiger partial charge in [0.15, 0.2) is 0 Å². The second kappa shape index (κ2) is 5.31. The van der Waals surface area contributed by atoms with E-state index in [0.29, 0.717) is 6.54 Å². The summed E-state index contributed by atoms with van der Waals surface area (Å²) in [6.07, 6.45) is 0. The summed E-state index contributed by atoms with van der Waals surface area (Å²) in [4.78, 5) is 11.2. The Morgan fingerprint density at radius 3 is 2.87 bits per heavy atom. The third kappa shape index (κ3) is 2.92. The zero-order valence-electron chi connectivity index (χ0n) is 8.33. The van der Waals surface area contributed by atoms with Crippen LogP contribution in [0.5, 0.6) is 5.75 Å². The Morgan fingerprint density at radius 2 is 2.27 bits per heavy atom. The van der Waals surface area contributed by atoms with Crippen LogP contribution in [0.2, 0.25) is 0 Å². The van der Waals surface area contributed by atoms with Crippen LogP contribution in [0.3, 0.4) is 0 Å². The van der Waals surface area contributed by atoms with Gasteiger partial charge in [-0.05, 0) is 18.2 Å². The maximum Gasteiger partial charge on any atom is 0.341 e. The second-order valence-electron chi connectivity index (χ2n) is 2.77. The van der Waals surface area contributed by atoms with Gasteiger partial charge in [0.2, 0.25) is 0 Å². The summed E-state index contributed by atoms with van der Waals surface area (Å²) in [5.41, 5.74) is 5.31. The molecule has 2 N–H and O–H groups in total. The van der Waals surface area contributed by atoms with Crippen LogP contribution in [0.4, 0.5) is 4.39 Å². The van der Waals surface area contributed by atoms with Gasteiger partial charge in [-0.3, -0.25) is 0 Å². The quantitative estimate of drug-likeness (QED) is 0.756. The van der Waals surface area contributed by atoms with E-state index in [4.69, 9.17) is 10.5 Å². The van der Waals surface area contributed by atoms with Crippen LogP contribution in [0.15, 0.2) is 18.2 Å². The van der Waals surface area contributed by atoms with Crippen LogP contribution in [0.1, 0.15) is 10.4 Å². The van der Waals surface area contributed by atoms with E-state index in [0.717, 1.165) is 6.07 Å². The van der Waals surface area contributed by atoms with Crippen molar-refractivity contribution >= 4 is 5.97 Å². The Morgan fingerprint density at radius 1 is 1.53 bits per heavy atom. The molecule has 0 bridgehead atoms. The van der Waals surface area contributed by atoms with Crippen molar-refractivity contribution < 1.29 is 18.7 Å². The SMILES string of the molecule is COC(=O)c1cc(F)ccc1OCCN. The minimum absolute atomic E-state index is 0.0611. The Labute approximate surface area is 86.8 Å². The highest BCUT2D eigenvalue weighted by atomic mass is 19.1. The number of esters is 1. The number of hydrogen-bond acceptors (Lipinski definition) is 4. The highest BCUT2D eigenvalue weighted by Gasteiger charge is 2.13. The maximum atomic E-state index is 12.9. The van der Waals surface area contributed by atoms with E-state index in [2.05, 4.69) is 4.74 Å². The summed E-state index contributed by atoms with van der Waals surface area (Å²) in [5.74, 6) is -0.884. The topological polar surface area (TPSA) is 61.5 Å². The molecule has 5 heteroatoms. The summed E-state index contributed by atoms with van der Waals surface area (Å²) in [5, 5.41) is 0. The van der Waals surface area contributed by atoms with E-state index in [1.165, 1.54) is 19.2 Å². The summed E-state index contributed by atoms with van der Waals surface area (Å²) in [6.45, 7) is 0.577. The fourth-order valence-electron chi connectivity index (χ4n) is 1.07. The number of carbonyl (C=O) groups is 1. The molecule has 82 valence electrons. The molecule has 0 spiro atoms. The van der Waals surface area contributed by atoms with Gasteiger partial charge in [-0.25, -0.2) is 9.18 Å². The van der Waals surface area contributed by atoms with Gasteiger partial charge < -0.3 is 15.2 Å². The number of methoxy groups -OCH3 is 1. The molecule has 0 amide bonds. The van der Waals surface area contributed by atoms with Crippen molar-refractivity contribution in [3.8, 4) is 5.75 Å². The lowest BCUT2D eigenvalue weighted by Gasteiger charge is -2.09. The van der Waals surface area contributed by atoms with Gasteiger partial charge in [0.25, 0.3) is 0 Å². The molecule has 0 radical (unpaired) electrons. The summed E-state index contributed by atoms with van der Waals surface area (Å²) >= 11 is 0. The molecule has 0 aliphatic heterocycles. The molecule has 1 aromatic carbocycles. The van der Waals surface area contributed by atoms with Crippen LogP contribution in [0.25, 0.3) is 0 Å². The first-order valence-electron chi connectivity index (χ1n) is 4.39. The van der Waals surface area contributed by atoms with Gasteiger partial charge in [-0.2, -0.15) is 0 Å². The third-order valence-electron chi connectivity index (χ3n) is 1.72. The van der Waals surface area contributed by atoms with Crippen molar-refractivity contribution in [1.82, 2.24) is 0 Å². The summed E-state index contributed by atoms with van der Waals surface area (Å²) < 4.78 is 22.5. The number of hydrogen-bond donors (Lipinski definition) is 1. The number of halogens is 1. The summed E-state index contributed by atoms with van der Waals surface area (Å²) in [6, 6.07) is 3.65. The highest BCUT2D eigenvalue weighted by Crippen LogP contribution is 2.20. The molecule has 0 saturated carbocycles. The van der Waals surface area contributed by atoms with E-state index in [-0.39, 0.29) is 17.9 Å². The maximum absolute atomic E-state index is 12.9. The molecule has 0 fully saturated rings. The van der Waals surface area contributed by atoms with Crippen molar-refractivity contribution in [3.63, 3.8) is 0 Å². The highest BCUT2D eigenvalue weighted by molar-refractivity contribution is 5.92. The lowest BCUT2D eigenvalue weighted by atomic mass is 10.2. The molecule has 0 aliphatic rings. The van der Waals surface area contributed by atoms with Crippen molar-refractivity contribution in [2.75, 3.05) is 20.3 Å². The van der Waals surface area contributed by atoms with Gasteiger partial charge in [0, 0.05) is 6.54 Å². The largest absolute Gasteiger partial charge is 0.491 e. The van der Waals surface area contributed by atoms with Gasteiger partial charge in [0.1, 0.15) is 23.7 Å². The monoisotopic (exact) mass is 213 g/mol. The van der Waals surface area contributed by atoms with Gasteiger partial charge in [-0.1, -0.05) is 0 Å². The minimum Gasteiger partial charge on any atom is -0.491 e. The van der Waals surface area contributed by atoms with Crippen LogP contribution in [-0.4, -0.2) is 26.2 Å². The van der Waals surface area contributed by atoms with Crippen molar-refractivity contribution in [3.05, 3.63) is 29.6 Å². The minimum atomic E-state index is -0.637. The van der Waals surface area contributed by atoms with Crippen LogP contribution in [0, 0.1) is 5.82 Å². The van der Waals surface area contributed by atoms with Crippen LogP contribution >= 0.6 is 0 Å². The van der Waals surface area contributed by atoms with Crippen molar-refractivity contribution in [2.24, 2.45) is 5.73 Å². The fraction of sp³-hybridized carbons (Fsp3) is 0.300. The molecular formula is C10H12FNO3. The Kier molecular flexibility index (Phi) is 4.05. The second-order valence-corrected chi connectivity index (χ2v) is 2.77. The van der Waals surface area contributed by atoms with E-state index in [1.807, 2.05) is 0 Å². The first-order valence-corrected chi connectivity index (χ1v) is 4.39. The molecule has 0 saturated heterocycles. The number of rotatable bonds is 4. The number of ether oxygens (including phenoxy) is 2. The Balaban J connectivity index is 2.97. The lowest BCUT2D eigenvalue weighted by Crippen LogP contribution is -2.13. The molecule has 1 aromatic rings. The summed E-state index contributed by atoms with van der Waals surface area (Å²) in [7, 11) is 1.22. The molecule has 0 heterocycles. The average Bonchev–Trinajstić information content (AvgIpc) is 2.26. The van der Waals surface area contributed by atoms with Crippen molar-refractivity contribution in [1.29, 1.82) is 0 Å². The molecular weight excluding hydrogens is 201 g/mol. The Bertz CT molecular complexity index is 355. The predicted octanol–water partition coefficient (Wildman–Crippen LogP) is 0.950. The van der Waals surface area contributed by atoms with E-state index >= 15 is 0 Å². The van der Waals surface area contributed by atoms with Gasteiger partial charge in [0.05, 0.1) is 7.11 Å². The van der Waals surface area contributed by atoms with Crippen LogP contribution in [-0.2, 0) is 4.74 Å². The Hall–Kier alpha value is -1.62. The normalized spacial score (nSPS) is 9.80. The molecule has 4 nitrogen and oxygen atoms in total. The standard InChI is InChI=1S/C10H12FNO3/c1-14-10(13)8-6-7(11)2-3-9(8)15-5-4-12/h2-3,6H,4-5,12H2,1H3. The number of nitrogens with two attached hydrogens (primary N) is 1. The molecule has 0 aromatic heterocycles. The first-order chi connectivity index (χ1) is 7.19. The molecule has 0 aliphatic carbocycles. The zero-order valence-corrected chi connectivity index (χ0v) is 8.33. The van der Waals surface area contributed by atoms with E-state index in [1.54, 1.807) is 0 Å². The molecule has 0 atom stereocenters. The lowest BCUT2D eigenvalue weighted by molar-refractivity contribution is 0.0595. The first kappa shape index (κ1) is 11.5. The predicted molar refractivity (Wildman–Crippen MR) is 52.3 cm³/mol. The molecule has 15 heavy (non-hydrogen) atoms. The molecule has 1 rings (SSSR count). The number of benzene rings is 1. The van der Waals surface area contributed by atoms with E-state index < -0.39 is 11.8 Å². The van der Waals surface area contributed by atoms with Crippen molar-refractivity contribution in [2.45, 2.75) is 0 Å². The number of carbonyl (C=O) groups excluding carboxylic acids is 1.